The number of primary amides is 1. The minimum Gasteiger partial charge on any atom is -0.381 e. The number of anilines is 3. The summed E-state index contributed by atoms with van der Waals surface area (Å²) in [6.07, 6.45) is 14.0. The standard InChI is InChI=1S/C29H41N9O3/c30-27(39)19-15-24(16-19)37-8-5-25-26(37)28(32-20-1-3-22(4-2-20)36-9-13-41-14-10-36)35-29(34-25)33-21-17-31-38(18-21)23-6-11-40-12-7-23/h5,8,17-20,22-24H,1-4,6-7,9-16H2,(H2,30,39)(H2,32,33,34,35)/t19?,20-,22-,24?. The third kappa shape index (κ3) is 5.64. The van der Waals surface area contributed by atoms with Gasteiger partial charge < -0.3 is 30.4 Å². The van der Waals surface area contributed by atoms with Gasteiger partial charge in [-0.3, -0.25) is 14.4 Å². The van der Waals surface area contributed by atoms with Gasteiger partial charge in [0.2, 0.25) is 11.9 Å². The quantitative estimate of drug-likeness (QED) is 0.377. The van der Waals surface area contributed by atoms with Crippen molar-refractivity contribution in [3.05, 3.63) is 24.7 Å². The van der Waals surface area contributed by atoms with Crippen molar-refractivity contribution >= 4 is 34.4 Å². The van der Waals surface area contributed by atoms with E-state index in [1.54, 1.807) is 0 Å². The highest BCUT2D eigenvalue weighted by molar-refractivity contribution is 5.88. The zero-order valence-electron chi connectivity index (χ0n) is 23.6. The molecule has 0 spiro atoms. The summed E-state index contributed by atoms with van der Waals surface area (Å²) < 4.78 is 15.3. The summed E-state index contributed by atoms with van der Waals surface area (Å²) in [5, 5.41) is 11.8. The first kappa shape index (κ1) is 26.7. The Morgan fingerprint density at radius 2 is 1.68 bits per heavy atom. The molecule has 0 atom stereocenters. The van der Waals surface area contributed by atoms with Crippen LogP contribution in [-0.4, -0.2) is 86.7 Å². The molecular weight excluding hydrogens is 522 g/mol. The molecule has 41 heavy (non-hydrogen) atoms. The molecule has 220 valence electrons. The lowest BCUT2D eigenvalue weighted by Crippen LogP contribution is -2.46. The number of hydrogen-bond acceptors (Lipinski definition) is 9. The highest BCUT2D eigenvalue weighted by Gasteiger charge is 2.36. The summed E-state index contributed by atoms with van der Waals surface area (Å²) in [5.41, 5.74) is 8.32. The molecule has 2 saturated heterocycles. The molecule has 2 aliphatic heterocycles. The van der Waals surface area contributed by atoms with Gasteiger partial charge >= 0.3 is 0 Å². The largest absolute Gasteiger partial charge is 0.381 e. The van der Waals surface area contributed by atoms with E-state index < -0.39 is 0 Å². The maximum atomic E-state index is 11.7. The van der Waals surface area contributed by atoms with Crippen LogP contribution in [0.5, 0.6) is 0 Å². The summed E-state index contributed by atoms with van der Waals surface area (Å²) >= 11 is 0. The number of fused-ring (bicyclic) bond motifs is 1. The minimum absolute atomic E-state index is 0.0570. The molecule has 5 heterocycles. The second-order valence-electron chi connectivity index (χ2n) is 12.1. The van der Waals surface area contributed by atoms with E-state index >= 15 is 0 Å². The molecule has 7 rings (SSSR count). The van der Waals surface area contributed by atoms with Crippen LogP contribution in [0.2, 0.25) is 0 Å². The minimum atomic E-state index is -0.211. The first-order valence-electron chi connectivity index (χ1n) is 15.3. The average Bonchev–Trinajstić information content (AvgIpc) is 3.61. The highest BCUT2D eigenvalue weighted by Crippen LogP contribution is 2.41. The van der Waals surface area contributed by atoms with Crippen LogP contribution in [0.25, 0.3) is 11.0 Å². The normalized spacial score (nSPS) is 27.9. The number of carbonyl (C=O) groups is 1. The lowest BCUT2D eigenvalue weighted by molar-refractivity contribution is -0.125. The predicted octanol–water partition coefficient (Wildman–Crippen LogP) is 3.21. The topological polar surface area (TPSA) is 137 Å². The van der Waals surface area contributed by atoms with Gasteiger partial charge in [-0.1, -0.05) is 0 Å². The van der Waals surface area contributed by atoms with Crippen LogP contribution < -0.4 is 16.4 Å². The Bertz CT molecular complexity index is 1350. The summed E-state index contributed by atoms with van der Waals surface area (Å²) in [5.74, 6) is 1.13. The van der Waals surface area contributed by atoms with Crippen LogP contribution in [0.3, 0.4) is 0 Å². The lowest BCUT2D eigenvalue weighted by atomic mass is 9.79. The summed E-state index contributed by atoms with van der Waals surface area (Å²) in [4.78, 5) is 24.2. The molecule has 3 aromatic heterocycles. The summed E-state index contributed by atoms with van der Waals surface area (Å²) in [7, 11) is 0. The number of nitrogens with one attached hydrogen (secondary N) is 2. The van der Waals surface area contributed by atoms with Crippen molar-refractivity contribution in [3.63, 3.8) is 0 Å². The lowest BCUT2D eigenvalue weighted by Gasteiger charge is -2.39. The molecule has 3 aromatic rings. The van der Waals surface area contributed by atoms with Crippen LogP contribution in [0.4, 0.5) is 17.5 Å². The van der Waals surface area contributed by atoms with Gasteiger partial charge in [0, 0.05) is 62.7 Å². The Balaban J connectivity index is 1.11. The Morgan fingerprint density at radius 3 is 2.44 bits per heavy atom. The zero-order valence-corrected chi connectivity index (χ0v) is 23.6. The fourth-order valence-corrected chi connectivity index (χ4v) is 6.98. The van der Waals surface area contributed by atoms with E-state index in [0.29, 0.717) is 24.1 Å². The van der Waals surface area contributed by atoms with Crippen molar-refractivity contribution in [2.75, 3.05) is 50.2 Å². The van der Waals surface area contributed by atoms with Gasteiger partial charge in [0.25, 0.3) is 0 Å². The van der Waals surface area contributed by atoms with Crippen molar-refractivity contribution in [3.8, 4) is 0 Å². The maximum Gasteiger partial charge on any atom is 0.229 e. The second-order valence-corrected chi connectivity index (χ2v) is 12.1. The fraction of sp³-hybridized carbons (Fsp3) is 0.655. The van der Waals surface area contributed by atoms with Crippen molar-refractivity contribution < 1.29 is 14.3 Å². The van der Waals surface area contributed by atoms with Crippen LogP contribution >= 0.6 is 0 Å². The van der Waals surface area contributed by atoms with E-state index in [9.17, 15) is 4.79 Å². The van der Waals surface area contributed by atoms with E-state index in [1.807, 2.05) is 23.1 Å². The van der Waals surface area contributed by atoms with Crippen LogP contribution in [0.15, 0.2) is 24.7 Å². The molecule has 12 nitrogen and oxygen atoms in total. The molecule has 4 N–H and O–H groups in total. The number of nitrogens with two attached hydrogens (primary N) is 1. The third-order valence-corrected chi connectivity index (χ3v) is 9.49. The van der Waals surface area contributed by atoms with Gasteiger partial charge in [-0.2, -0.15) is 10.1 Å². The smallest absolute Gasteiger partial charge is 0.229 e. The molecule has 0 unspecified atom stereocenters. The molecule has 0 aromatic carbocycles. The molecule has 2 saturated carbocycles. The number of ether oxygens (including phenoxy) is 2. The number of hydrogen-bond donors (Lipinski definition) is 3. The van der Waals surface area contributed by atoms with Gasteiger partial charge in [0.1, 0.15) is 5.52 Å². The Kier molecular flexibility index (Phi) is 7.53. The first-order chi connectivity index (χ1) is 20.1. The molecular formula is C29H41N9O3. The maximum absolute atomic E-state index is 11.7. The van der Waals surface area contributed by atoms with E-state index in [-0.39, 0.29) is 17.9 Å². The van der Waals surface area contributed by atoms with E-state index in [4.69, 9.17) is 25.2 Å². The van der Waals surface area contributed by atoms with Crippen molar-refractivity contribution in [1.29, 1.82) is 0 Å². The number of carbonyl (C=O) groups excluding carboxylic acids is 1. The molecule has 4 aliphatic rings. The monoisotopic (exact) mass is 563 g/mol. The highest BCUT2D eigenvalue weighted by atomic mass is 16.5. The average molecular weight is 564 g/mol. The van der Waals surface area contributed by atoms with Crippen LogP contribution in [0.1, 0.15) is 63.5 Å². The van der Waals surface area contributed by atoms with Gasteiger partial charge in [-0.25, -0.2) is 4.98 Å². The van der Waals surface area contributed by atoms with Gasteiger partial charge in [-0.15, -0.1) is 0 Å². The molecule has 2 aliphatic carbocycles. The van der Waals surface area contributed by atoms with Gasteiger partial charge in [0.15, 0.2) is 5.82 Å². The number of nitrogens with zero attached hydrogens (tertiary/aromatic N) is 6. The van der Waals surface area contributed by atoms with E-state index in [0.717, 1.165) is 101 Å². The molecule has 12 heteroatoms. The Labute approximate surface area is 239 Å². The predicted molar refractivity (Wildman–Crippen MR) is 155 cm³/mol. The number of aromatic nitrogens is 5. The third-order valence-electron chi connectivity index (χ3n) is 9.49. The van der Waals surface area contributed by atoms with Crippen molar-refractivity contribution in [2.45, 2.75) is 75.5 Å². The molecule has 0 radical (unpaired) electrons. The van der Waals surface area contributed by atoms with Gasteiger partial charge in [0.05, 0.1) is 36.7 Å². The number of amides is 1. The van der Waals surface area contributed by atoms with E-state index in [2.05, 4.69) is 31.4 Å². The number of morpholine rings is 1. The van der Waals surface area contributed by atoms with Crippen LogP contribution in [0, 0.1) is 5.92 Å². The van der Waals surface area contributed by atoms with Gasteiger partial charge in [-0.05, 0) is 57.4 Å². The number of rotatable bonds is 8. The molecule has 1 amide bonds. The second kappa shape index (κ2) is 11.6. The fourth-order valence-electron chi connectivity index (χ4n) is 6.98. The van der Waals surface area contributed by atoms with Crippen molar-refractivity contribution in [1.82, 2.24) is 29.2 Å². The molecule has 4 fully saturated rings. The molecule has 0 bridgehead atoms. The summed E-state index contributed by atoms with van der Waals surface area (Å²) in [6, 6.07) is 3.61. The zero-order chi connectivity index (χ0) is 27.8. The van der Waals surface area contributed by atoms with Crippen LogP contribution in [-0.2, 0) is 14.3 Å². The SMILES string of the molecule is NC(=O)C1CC(n2ccc3nc(Nc4cnn(C5CCOCC5)c4)nc(N[C@H]4CC[C@H](N5CCOCC5)CC4)c32)C1. The Hall–Kier alpha value is -3.22. The summed E-state index contributed by atoms with van der Waals surface area (Å²) in [6.45, 7) is 5.31. The first-order valence-corrected chi connectivity index (χ1v) is 15.3. The van der Waals surface area contributed by atoms with Crippen molar-refractivity contribution in [2.24, 2.45) is 11.7 Å². The Morgan fingerprint density at radius 1 is 0.927 bits per heavy atom. The van der Waals surface area contributed by atoms with E-state index in [1.165, 1.54) is 12.8 Å².